The van der Waals surface area contributed by atoms with Gasteiger partial charge in [-0.15, -0.1) is 0 Å². The summed E-state index contributed by atoms with van der Waals surface area (Å²) in [5.41, 5.74) is 3.52. The zero-order valence-corrected chi connectivity index (χ0v) is 17.8. The monoisotopic (exact) mass is 424 g/mol. The maximum Gasteiger partial charge on any atom is 1.00 e. The minimum absolute atomic E-state index is 0. The van der Waals surface area contributed by atoms with E-state index in [1.807, 2.05) is 65.8 Å². The molecule has 0 N–H and O–H groups in total. The molecule has 0 fully saturated rings. The molecular formula is C20H26CuO4P. The van der Waals surface area contributed by atoms with Crippen LogP contribution in [-0.2, 0) is 21.6 Å². The summed E-state index contributed by atoms with van der Waals surface area (Å²) >= 11 is 0. The van der Waals surface area contributed by atoms with Gasteiger partial charge in [-0.3, -0.25) is 0 Å². The molecule has 0 heterocycles. The molecule has 0 bridgehead atoms. The molecular weight excluding hydrogens is 399 g/mol. The van der Waals surface area contributed by atoms with Crippen LogP contribution in [-0.4, -0.2) is 0 Å². The Balaban J connectivity index is 0.00000338. The van der Waals surface area contributed by atoms with Crippen LogP contribution in [0.2, 0.25) is 0 Å². The molecule has 0 atom stereocenters. The van der Waals surface area contributed by atoms with Gasteiger partial charge in [0.05, 0.1) is 0 Å². The van der Waals surface area contributed by atoms with E-state index in [0.29, 0.717) is 11.5 Å². The Kier molecular flexibility index (Phi) is 7.98. The van der Waals surface area contributed by atoms with Crippen molar-refractivity contribution in [2.75, 3.05) is 0 Å². The maximum absolute atomic E-state index is 12.4. The molecule has 0 aliphatic heterocycles. The van der Waals surface area contributed by atoms with Crippen LogP contribution in [0.3, 0.4) is 0 Å². The Hall–Kier alpha value is -1.25. The number of phosphoric ester groups is 1. The molecule has 0 spiro atoms. The predicted molar refractivity (Wildman–Crippen MR) is 99.4 cm³/mol. The van der Waals surface area contributed by atoms with Crippen molar-refractivity contribution >= 4 is 7.82 Å². The number of aryl methyl sites for hydroxylation is 2. The van der Waals surface area contributed by atoms with Crippen LogP contribution in [0.1, 0.15) is 61.8 Å². The average molecular weight is 425 g/mol. The van der Waals surface area contributed by atoms with Crippen LogP contribution in [0.5, 0.6) is 11.5 Å². The SMILES string of the molecule is Cc1ccc(C(C)C)cc1OP(=O)([O-])Oc1cc(C(C)C)ccc1C.[Cu+]. The molecule has 2 aromatic carbocycles. The first-order valence-electron chi connectivity index (χ1n) is 8.50. The first kappa shape index (κ1) is 22.8. The van der Waals surface area contributed by atoms with Gasteiger partial charge in [-0.2, -0.15) is 0 Å². The number of phosphoric acid groups is 1. The summed E-state index contributed by atoms with van der Waals surface area (Å²) in [4.78, 5) is 12.4. The Morgan fingerprint density at radius 1 is 0.808 bits per heavy atom. The summed E-state index contributed by atoms with van der Waals surface area (Å²) in [7, 11) is -4.54. The number of rotatable bonds is 6. The van der Waals surface area contributed by atoms with Crippen LogP contribution >= 0.6 is 7.82 Å². The quantitative estimate of drug-likeness (QED) is 0.455. The first-order valence-corrected chi connectivity index (χ1v) is 9.96. The zero-order valence-electron chi connectivity index (χ0n) is 16.0. The first-order chi connectivity index (χ1) is 11.6. The van der Waals surface area contributed by atoms with Gasteiger partial charge in [0.1, 0.15) is 11.5 Å². The van der Waals surface area contributed by atoms with Gasteiger partial charge < -0.3 is 13.9 Å². The van der Waals surface area contributed by atoms with Crippen LogP contribution in [0.4, 0.5) is 0 Å². The molecule has 0 radical (unpaired) electrons. The third kappa shape index (κ3) is 5.89. The van der Waals surface area contributed by atoms with Crippen molar-refractivity contribution in [3.05, 3.63) is 58.7 Å². The minimum atomic E-state index is -4.54. The molecule has 4 nitrogen and oxygen atoms in total. The molecule has 0 unspecified atom stereocenters. The summed E-state index contributed by atoms with van der Waals surface area (Å²) < 4.78 is 22.9. The zero-order chi connectivity index (χ0) is 18.8. The summed E-state index contributed by atoms with van der Waals surface area (Å²) in [6, 6.07) is 11.2. The van der Waals surface area contributed by atoms with Crippen molar-refractivity contribution < 1.29 is 35.6 Å². The van der Waals surface area contributed by atoms with Crippen molar-refractivity contribution in [1.82, 2.24) is 0 Å². The van der Waals surface area contributed by atoms with E-state index in [1.165, 1.54) is 0 Å². The second-order valence-electron chi connectivity index (χ2n) is 6.99. The van der Waals surface area contributed by atoms with Crippen molar-refractivity contribution in [1.29, 1.82) is 0 Å². The Morgan fingerprint density at radius 3 is 1.46 bits per heavy atom. The van der Waals surface area contributed by atoms with E-state index in [9.17, 15) is 9.46 Å². The third-order valence-electron chi connectivity index (χ3n) is 4.18. The summed E-state index contributed by atoms with van der Waals surface area (Å²) in [6.45, 7) is 11.8. The Labute approximate surface area is 167 Å². The van der Waals surface area contributed by atoms with Crippen molar-refractivity contribution in [3.8, 4) is 11.5 Å². The van der Waals surface area contributed by atoms with Gasteiger partial charge >= 0.3 is 24.9 Å². The van der Waals surface area contributed by atoms with Gasteiger partial charge in [-0.25, -0.2) is 4.57 Å². The normalized spacial score (nSPS) is 11.4. The number of hydrogen-bond donors (Lipinski definition) is 0. The standard InChI is InChI=1S/C20H27O4P.Cu/c1-13(2)17-9-7-15(5)19(11-17)23-25(21,22)24-20-12-18(14(3)4)10-8-16(20)6;/h7-14H,1-6H3,(H,21,22);/q;+1/p-1. The van der Waals surface area contributed by atoms with Gasteiger partial charge in [-0.05, 0) is 60.1 Å². The molecule has 26 heavy (non-hydrogen) atoms. The summed E-state index contributed by atoms with van der Waals surface area (Å²) in [5.74, 6) is 1.17. The van der Waals surface area contributed by atoms with Crippen molar-refractivity contribution in [2.45, 2.75) is 53.4 Å². The van der Waals surface area contributed by atoms with Gasteiger partial charge in [0.25, 0.3) is 0 Å². The van der Waals surface area contributed by atoms with Crippen molar-refractivity contribution in [3.63, 3.8) is 0 Å². The fraction of sp³-hybridized carbons (Fsp3) is 0.400. The third-order valence-corrected chi connectivity index (χ3v) is 5.02. The van der Waals surface area contributed by atoms with E-state index in [1.54, 1.807) is 12.1 Å². The Bertz CT molecular complexity index is 739. The molecule has 0 aliphatic rings. The summed E-state index contributed by atoms with van der Waals surface area (Å²) in [5, 5.41) is 0. The van der Waals surface area contributed by atoms with E-state index in [2.05, 4.69) is 0 Å². The maximum atomic E-state index is 12.4. The minimum Gasteiger partial charge on any atom is -0.736 e. The van der Waals surface area contributed by atoms with Gasteiger partial charge in [0.2, 0.25) is 0 Å². The molecule has 0 aromatic heterocycles. The fourth-order valence-corrected chi connectivity index (χ4v) is 3.32. The largest absolute Gasteiger partial charge is 1.00 e. The second kappa shape index (κ2) is 9.10. The fourth-order valence-electron chi connectivity index (χ4n) is 2.41. The number of hydrogen-bond acceptors (Lipinski definition) is 4. The molecule has 0 amide bonds. The van der Waals surface area contributed by atoms with Crippen LogP contribution in [0.25, 0.3) is 0 Å². The molecule has 6 heteroatoms. The van der Waals surface area contributed by atoms with Crippen LogP contribution < -0.4 is 13.9 Å². The van der Waals surface area contributed by atoms with E-state index in [-0.39, 0.29) is 28.9 Å². The van der Waals surface area contributed by atoms with E-state index in [0.717, 1.165) is 22.3 Å². The molecule has 2 rings (SSSR count). The second-order valence-corrected chi connectivity index (χ2v) is 8.25. The van der Waals surface area contributed by atoms with Crippen molar-refractivity contribution in [2.24, 2.45) is 0 Å². The van der Waals surface area contributed by atoms with Gasteiger partial charge in [0.15, 0.2) is 0 Å². The van der Waals surface area contributed by atoms with E-state index in [4.69, 9.17) is 9.05 Å². The molecule has 0 saturated carbocycles. The predicted octanol–water partition coefficient (Wildman–Crippen LogP) is 5.47. The molecule has 146 valence electrons. The van der Waals surface area contributed by atoms with E-state index < -0.39 is 7.82 Å². The van der Waals surface area contributed by atoms with Crippen LogP contribution in [0.15, 0.2) is 36.4 Å². The molecule has 0 aliphatic carbocycles. The van der Waals surface area contributed by atoms with Crippen LogP contribution in [0, 0.1) is 13.8 Å². The molecule has 0 saturated heterocycles. The molecule has 2 aromatic rings. The average Bonchev–Trinajstić information content (AvgIpc) is 2.50. The van der Waals surface area contributed by atoms with Gasteiger partial charge in [-0.1, -0.05) is 52.0 Å². The smallest absolute Gasteiger partial charge is 0.736 e. The Morgan fingerprint density at radius 2 is 1.15 bits per heavy atom. The van der Waals surface area contributed by atoms with Gasteiger partial charge in [0, 0.05) is 0 Å². The number of benzene rings is 2. The topological polar surface area (TPSA) is 58.6 Å². The van der Waals surface area contributed by atoms with E-state index >= 15 is 0 Å². The summed E-state index contributed by atoms with van der Waals surface area (Å²) in [6.07, 6.45) is 0.